The highest BCUT2D eigenvalue weighted by atomic mass is 16.2. The van der Waals surface area contributed by atoms with Gasteiger partial charge in [0, 0.05) is 38.3 Å². The first-order chi connectivity index (χ1) is 9.81. The molecule has 0 N–H and O–H groups in total. The highest BCUT2D eigenvalue weighted by Crippen LogP contribution is 2.54. The number of amides is 1. The molecule has 0 radical (unpaired) electrons. The molecule has 4 nitrogen and oxygen atoms in total. The summed E-state index contributed by atoms with van der Waals surface area (Å²) in [7, 11) is 0. The van der Waals surface area contributed by atoms with Gasteiger partial charge in [0.1, 0.15) is 5.82 Å². The highest BCUT2D eigenvalue weighted by Gasteiger charge is 2.48. The number of carbonyl (C=O) groups is 1. The second kappa shape index (κ2) is 4.76. The lowest BCUT2D eigenvalue weighted by Gasteiger charge is -2.36. The van der Waals surface area contributed by atoms with E-state index in [9.17, 15) is 4.79 Å². The lowest BCUT2D eigenvalue weighted by Crippen LogP contribution is -2.50. The van der Waals surface area contributed by atoms with E-state index in [2.05, 4.69) is 14.8 Å². The summed E-state index contributed by atoms with van der Waals surface area (Å²) >= 11 is 0. The Kier molecular flexibility index (Phi) is 2.90. The quantitative estimate of drug-likeness (QED) is 0.822. The van der Waals surface area contributed by atoms with Gasteiger partial charge in [0.05, 0.1) is 0 Å². The number of fused-ring (bicyclic) bond motifs is 1. The van der Waals surface area contributed by atoms with Crippen molar-refractivity contribution in [2.24, 2.45) is 17.8 Å². The number of anilines is 1. The topological polar surface area (TPSA) is 36.4 Å². The lowest BCUT2D eigenvalue weighted by atomic mass is 10.0. The Morgan fingerprint density at radius 3 is 2.45 bits per heavy atom. The number of nitrogens with zero attached hydrogens (tertiary/aromatic N) is 3. The second-order valence-electron chi connectivity index (χ2n) is 6.42. The zero-order valence-corrected chi connectivity index (χ0v) is 11.7. The SMILES string of the molecule is O=C(C1CC2CC2C1)N1CCN(c2ccccn2)CC1. The van der Waals surface area contributed by atoms with Crippen LogP contribution in [-0.2, 0) is 4.79 Å². The van der Waals surface area contributed by atoms with E-state index in [1.54, 1.807) is 0 Å². The molecule has 1 aromatic rings. The molecule has 1 amide bonds. The van der Waals surface area contributed by atoms with Crippen LogP contribution in [0.4, 0.5) is 5.82 Å². The molecular weight excluding hydrogens is 250 g/mol. The van der Waals surface area contributed by atoms with Crippen molar-refractivity contribution in [3.05, 3.63) is 24.4 Å². The van der Waals surface area contributed by atoms with E-state index in [1.165, 1.54) is 6.42 Å². The molecule has 4 heteroatoms. The largest absolute Gasteiger partial charge is 0.353 e. The van der Waals surface area contributed by atoms with Crippen molar-refractivity contribution in [1.29, 1.82) is 0 Å². The summed E-state index contributed by atoms with van der Waals surface area (Å²) < 4.78 is 0. The Morgan fingerprint density at radius 2 is 1.80 bits per heavy atom. The van der Waals surface area contributed by atoms with Crippen molar-refractivity contribution < 1.29 is 4.79 Å². The van der Waals surface area contributed by atoms with Crippen molar-refractivity contribution in [3.8, 4) is 0 Å². The summed E-state index contributed by atoms with van der Waals surface area (Å²) in [5.74, 6) is 3.55. The summed E-state index contributed by atoms with van der Waals surface area (Å²) in [4.78, 5) is 21.2. The third-order valence-corrected chi connectivity index (χ3v) is 5.16. The monoisotopic (exact) mass is 271 g/mol. The summed E-state index contributed by atoms with van der Waals surface area (Å²) in [6.45, 7) is 3.51. The molecule has 1 aliphatic heterocycles. The van der Waals surface area contributed by atoms with Crippen molar-refractivity contribution in [2.75, 3.05) is 31.1 Å². The number of rotatable bonds is 2. The fourth-order valence-electron chi connectivity index (χ4n) is 3.87. The zero-order chi connectivity index (χ0) is 13.5. The van der Waals surface area contributed by atoms with Crippen LogP contribution in [0, 0.1) is 17.8 Å². The van der Waals surface area contributed by atoms with Gasteiger partial charge in [-0.1, -0.05) is 6.07 Å². The Bertz CT molecular complexity index is 486. The van der Waals surface area contributed by atoms with Crippen LogP contribution in [0.3, 0.4) is 0 Å². The van der Waals surface area contributed by atoms with Gasteiger partial charge in [0.15, 0.2) is 0 Å². The van der Waals surface area contributed by atoms with Crippen LogP contribution >= 0.6 is 0 Å². The van der Waals surface area contributed by atoms with Crippen LogP contribution in [0.15, 0.2) is 24.4 Å². The Labute approximate surface area is 119 Å². The number of aromatic nitrogens is 1. The molecule has 3 fully saturated rings. The number of piperazine rings is 1. The Morgan fingerprint density at radius 1 is 1.05 bits per heavy atom. The van der Waals surface area contributed by atoms with Gasteiger partial charge in [-0.2, -0.15) is 0 Å². The molecule has 2 saturated carbocycles. The van der Waals surface area contributed by atoms with Gasteiger partial charge >= 0.3 is 0 Å². The second-order valence-corrected chi connectivity index (χ2v) is 6.42. The van der Waals surface area contributed by atoms with Gasteiger partial charge in [-0.3, -0.25) is 4.79 Å². The molecule has 0 aromatic carbocycles. The third-order valence-electron chi connectivity index (χ3n) is 5.16. The summed E-state index contributed by atoms with van der Waals surface area (Å²) in [5, 5.41) is 0. The highest BCUT2D eigenvalue weighted by molar-refractivity contribution is 5.79. The zero-order valence-electron chi connectivity index (χ0n) is 11.7. The molecule has 4 rings (SSSR count). The fraction of sp³-hybridized carbons (Fsp3) is 0.625. The van der Waals surface area contributed by atoms with Gasteiger partial charge in [-0.15, -0.1) is 0 Å². The number of hydrogen-bond donors (Lipinski definition) is 0. The molecule has 2 atom stereocenters. The van der Waals surface area contributed by atoms with Crippen molar-refractivity contribution in [1.82, 2.24) is 9.88 Å². The third kappa shape index (κ3) is 2.17. The number of pyridine rings is 1. The van der Waals surface area contributed by atoms with Gasteiger partial charge < -0.3 is 9.80 Å². The molecule has 106 valence electrons. The van der Waals surface area contributed by atoms with Gasteiger partial charge in [-0.05, 0) is 43.2 Å². The number of carbonyl (C=O) groups excluding carboxylic acids is 1. The standard InChI is InChI=1S/C16H21N3O/c20-16(14-10-12-9-13(12)11-14)19-7-5-18(6-8-19)15-3-1-2-4-17-15/h1-4,12-14H,5-11H2. The number of hydrogen-bond acceptors (Lipinski definition) is 3. The predicted octanol–water partition coefficient (Wildman–Crippen LogP) is 1.78. The average Bonchev–Trinajstić information content (AvgIpc) is 3.13. The van der Waals surface area contributed by atoms with E-state index in [1.807, 2.05) is 24.4 Å². The maximum Gasteiger partial charge on any atom is 0.225 e. The smallest absolute Gasteiger partial charge is 0.225 e. The van der Waals surface area contributed by atoms with Crippen LogP contribution in [0.25, 0.3) is 0 Å². The minimum absolute atomic E-state index is 0.333. The first-order valence-electron chi connectivity index (χ1n) is 7.76. The lowest BCUT2D eigenvalue weighted by molar-refractivity contribution is -0.136. The van der Waals surface area contributed by atoms with Crippen molar-refractivity contribution in [2.45, 2.75) is 19.3 Å². The van der Waals surface area contributed by atoms with Crippen LogP contribution in [0.5, 0.6) is 0 Å². The van der Waals surface area contributed by atoms with Crippen LogP contribution in [0.1, 0.15) is 19.3 Å². The van der Waals surface area contributed by atoms with Gasteiger partial charge in [0.2, 0.25) is 5.91 Å². The van der Waals surface area contributed by atoms with E-state index >= 15 is 0 Å². The molecule has 1 saturated heterocycles. The van der Waals surface area contributed by atoms with E-state index < -0.39 is 0 Å². The van der Waals surface area contributed by atoms with Crippen LogP contribution < -0.4 is 4.90 Å². The normalized spacial score (nSPS) is 32.1. The molecular formula is C16H21N3O. The average molecular weight is 271 g/mol. The Hall–Kier alpha value is -1.58. The van der Waals surface area contributed by atoms with Crippen molar-refractivity contribution in [3.63, 3.8) is 0 Å². The maximum absolute atomic E-state index is 12.5. The van der Waals surface area contributed by atoms with Gasteiger partial charge in [-0.25, -0.2) is 4.98 Å². The van der Waals surface area contributed by atoms with Gasteiger partial charge in [0.25, 0.3) is 0 Å². The first-order valence-corrected chi connectivity index (χ1v) is 7.76. The molecule has 2 unspecified atom stereocenters. The summed E-state index contributed by atoms with van der Waals surface area (Å²) in [5.41, 5.74) is 0. The van der Waals surface area contributed by atoms with E-state index in [0.717, 1.165) is 56.7 Å². The minimum atomic E-state index is 0.333. The van der Waals surface area contributed by atoms with Crippen molar-refractivity contribution >= 4 is 11.7 Å². The maximum atomic E-state index is 12.5. The molecule has 2 heterocycles. The fourth-order valence-corrected chi connectivity index (χ4v) is 3.87. The van der Waals surface area contributed by atoms with Crippen LogP contribution in [0.2, 0.25) is 0 Å². The van der Waals surface area contributed by atoms with E-state index in [-0.39, 0.29) is 0 Å². The first kappa shape index (κ1) is 12.2. The Balaban J connectivity index is 1.34. The minimum Gasteiger partial charge on any atom is -0.353 e. The molecule has 1 aromatic heterocycles. The molecule has 20 heavy (non-hydrogen) atoms. The summed E-state index contributed by atoms with van der Waals surface area (Å²) in [6.07, 6.45) is 5.53. The summed E-state index contributed by atoms with van der Waals surface area (Å²) in [6, 6.07) is 6.00. The molecule has 3 aliphatic rings. The van der Waals surface area contributed by atoms with E-state index in [0.29, 0.717) is 11.8 Å². The predicted molar refractivity (Wildman–Crippen MR) is 77.4 cm³/mol. The molecule has 0 spiro atoms. The van der Waals surface area contributed by atoms with Crippen LogP contribution in [-0.4, -0.2) is 42.0 Å². The molecule has 2 aliphatic carbocycles. The van der Waals surface area contributed by atoms with E-state index in [4.69, 9.17) is 0 Å². The molecule has 0 bridgehead atoms.